The van der Waals surface area contributed by atoms with Crippen molar-refractivity contribution in [3.05, 3.63) is 58.7 Å². The highest BCUT2D eigenvalue weighted by atomic mass is 79.9. The highest BCUT2D eigenvalue weighted by molar-refractivity contribution is 9.10. The summed E-state index contributed by atoms with van der Waals surface area (Å²) in [7, 11) is 0. The van der Waals surface area contributed by atoms with E-state index in [1.165, 1.54) is 0 Å². The molecule has 0 amide bonds. The zero-order valence-electron chi connectivity index (χ0n) is 9.58. The smallest absolute Gasteiger partial charge is 0.0961 e. The number of pyridine rings is 1. The highest BCUT2D eigenvalue weighted by Crippen LogP contribution is 2.25. The lowest BCUT2D eigenvalue weighted by molar-refractivity contribution is 0.990. The van der Waals surface area contributed by atoms with Crippen molar-refractivity contribution in [2.24, 2.45) is 0 Å². The number of nitriles is 1. The Bertz CT molecular complexity index is 534. The SMILES string of the molecule is N#CC(CSc1ccc(Br)cn1)c1ccccc1. The topological polar surface area (TPSA) is 36.7 Å². The molecule has 1 atom stereocenters. The van der Waals surface area contributed by atoms with Crippen LogP contribution in [0.25, 0.3) is 0 Å². The van der Waals surface area contributed by atoms with E-state index in [9.17, 15) is 5.26 Å². The lowest BCUT2D eigenvalue weighted by atomic mass is 10.0. The first-order valence-electron chi connectivity index (χ1n) is 5.48. The quantitative estimate of drug-likeness (QED) is 0.791. The molecule has 4 heteroatoms. The second kappa shape index (κ2) is 6.58. The predicted octanol–water partition coefficient (Wildman–Crippen LogP) is 4.24. The van der Waals surface area contributed by atoms with E-state index in [1.807, 2.05) is 42.5 Å². The van der Waals surface area contributed by atoms with Crippen molar-refractivity contribution in [1.82, 2.24) is 4.98 Å². The normalized spacial score (nSPS) is 11.8. The van der Waals surface area contributed by atoms with Gasteiger partial charge in [0, 0.05) is 16.4 Å². The van der Waals surface area contributed by atoms with E-state index in [-0.39, 0.29) is 5.92 Å². The second-order valence-electron chi connectivity index (χ2n) is 3.72. The van der Waals surface area contributed by atoms with Crippen LogP contribution in [-0.4, -0.2) is 10.7 Å². The van der Waals surface area contributed by atoms with E-state index in [2.05, 4.69) is 27.0 Å². The van der Waals surface area contributed by atoms with Gasteiger partial charge in [-0.25, -0.2) is 4.98 Å². The van der Waals surface area contributed by atoms with Gasteiger partial charge in [0.1, 0.15) is 0 Å². The summed E-state index contributed by atoms with van der Waals surface area (Å²) in [5.41, 5.74) is 1.06. The van der Waals surface area contributed by atoms with Crippen molar-refractivity contribution in [2.45, 2.75) is 10.9 Å². The maximum atomic E-state index is 9.21. The fraction of sp³-hybridized carbons (Fsp3) is 0.143. The lowest BCUT2D eigenvalue weighted by Crippen LogP contribution is -1.99. The van der Waals surface area contributed by atoms with Crippen LogP contribution in [0.5, 0.6) is 0 Å². The van der Waals surface area contributed by atoms with Gasteiger partial charge in [-0.2, -0.15) is 5.26 Å². The Hall–Kier alpha value is -1.31. The summed E-state index contributed by atoms with van der Waals surface area (Å²) >= 11 is 4.95. The zero-order valence-corrected chi connectivity index (χ0v) is 12.0. The van der Waals surface area contributed by atoms with Crippen molar-refractivity contribution >= 4 is 27.7 Å². The summed E-state index contributed by atoms with van der Waals surface area (Å²) < 4.78 is 0.965. The Morgan fingerprint density at radius 1 is 1.22 bits per heavy atom. The average molecular weight is 319 g/mol. The van der Waals surface area contributed by atoms with Crippen molar-refractivity contribution in [3.63, 3.8) is 0 Å². The predicted molar refractivity (Wildman–Crippen MR) is 77.5 cm³/mol. The van der Waals surface area contributed by atoms with Gasteiger partial charge in [-0.3, -0.25) is 0 Å². The third-order valence-electron chi connectivity index (χ3n) is 2.46. The minimum Gasteiger partial charge on any atom is -0.249 e. The number of rotatable bonds is 4. The molecule has 0 aliphatic heterocycles. The van der Waals surface area contributed by atoms with Crippen LogP contribution in [0.3, 0.4) is 0 Å². The van der Waals surface area contributed by atoms with E-state index in [4.69, 9.17) is 0 Å². The number of benzene rings is 1. The molecule has 2 nitrogen and oxygen atoms in total. The standard InChI is InChI=1S/C14H11BrN2S/c15-13-6-7-14(17-9-13)18-10-12(8-16)11-4-2-1-3-5-11/h1-7,9,12H,10H2. The monoisotopic (exact) mass is 318 g/mol. The van der Waals surface area contributed by atoms with Gasteiger partial charge >= 0.3 is 0 Å². The Kier molecular flexibility index (Phi) is 4.80. The molecule has 2 aromatic rings. The molecule has 0 radical (unpaired) electrons. The van der Waals surface area contributed by atoms with Gasteiger partial charge in [-0.1, -0.05) is 30.3 Å². The molecule has 0 spiro atoms. The molecular formula is C14H11BrN2S. The van der Waals surface area contributed by atoms with Crippen LogP contribution in [0, 0.1) is 11.3 Å². The number of hydrogen-bond acceptors (Lipinski definition) is 3. The molecule has 0 aliphatic carbocycles. The number of halogens is 1. The summed E-state index contributed by atoms with van der Waals surface area (Å²) in [4.78, 5) is 4.28. The fourth-order valence-electron chi connectivity index (χ4n) is 1.51. The molecule has 18 heavy (non-hydrogen) atoms. The largest absolute Gasteiger partial charge is 0.249 e. The number of nitrogens with zero attached hydrogens (tertiary/aromatic N) is 2. The molecule has 90 valence electrons. The Labute approximate surface area is 119 Å². The van der Waals surface area contributed by atoms with E-state index < -0.39 is 0 Å². The van der Waals surface area contributed by atoms with Crippen molar-refractivity contribution in [1.29, 1.82) is 5.26 Å². The maximum Gasteiger partial charge on any atom is 0.0961 e. The van der Waals surface area contributed by atoms with Crippen LogP contribution < -0.4 is 0 Å². The maximum absolute atomic E-state index is 9.21. The zero-order chi connectivity index (χ0) is 12.8. The molecule has 1 unspecified atom stereocenters. The van der Waals surface area contributed by atoms with E-state index in [0.29, 0.717) is 0 Å². The van der Waals surface area contributed by atoms with Crippen molar-refractivity contribution < 1.29 is 0 Å². The number of hydrogen-bond donors (Lipinski definition) is 0. The molecule has 0 saturated heterocycles. The minimum absolute atomic E-state index is 0.0957. The first kappa shape index (κ1) is 13.1. The third kappa shape index (κ3) is 3.59. The lowest BCUT2D eigenvalue weighted by Gasteiger charge is -2.08. The molecule has 0 saturated carbocycles. The first-order valence-corrected chi connectivity index (χ1v) is 7.26. The minimum atomic E-state index is -0.0957. The van der Waals surface area contributed by atoms with Crippen LogP contribution >= 0.6 is 27.7 Å². The van der Waals surface area contributed by atoms with Crippen molar-refractivity contribution in [2.75, 3.05) is 5.75 Å². The summed E-state index contributed by atoms with van der Waals surface area (Å²) in [6.07, 6.45) is 1.77. The van der Waals surface area contributed by atoms with Gasteiger partial charge < -0.3 is 0 Å². The van der Waals surface area contributed by atoms with Gasteiger partial charge in [0.2, 0.25) is 0 Å². The summed E-state index contributed by atoms with van der Waals surface area (Å²) in [6.45, 7) is 0. The van der Waals surface area contributed by atoms with Gasteiger partial charge in [-0.05, 0) is 33.6 Å². The number of thioether (sulfide) groups is 1. The highest BCUT2D eigenvalue weighted by Gasteiger charge is 2.10. The molecule has 1 aromatic carbocycles. The Morgan fingerprint density at radius 2 is 2.00 bits per heavy atom. The first-order chi connectivity index (χ1) is 8.79. The van der Waals surface area contributed by atoms with Crippen LogP contribution in [0.15, 0.2) is 58.2 Å². The van der Waals surface area contributed by atoms with E-state index >= 15 is 0 Å². The van der Waals surface area contributed by atoms with E-state index in [0.717, 1.165) is 20.8 Å². The third-order valence-corrected chi connectivity index (χ3v) is 3.96. The molecule has 1 aromatic heterocycles. The van der Waals surface area contributed by atoms with Gasteiger partial charge in [0.05, 0.1) is 17.0 Å². The number of aromatic nitrogens is 1. The summed E-state index contributed by atoms with van der Waals surface area (Å²) in [5, 5.41) is 10.1. The molecule has 1 heterocycles. The van der Waals surface area contributed by atoms with Gasteiger partial charge in [0.15, 0.2) is 0 Å². The molecule has 0 N–H and O–H groups in total. The van der Waals surface area contributed by atoms with E-state index in [1.54, 1.807) is 18.0 Å². The average Bonchev–Trinajstić information content (AvgIpc) is 2.43. The Morgan fingerprint density at radius 3 is 2.61 bits per heavy atom. The van der Waals surface area contributed by atoms with Crippen LogP contribution in [-0.2, 0) is 0 Å². The van der Waals surface area contributed by atoms with Crippen LogP contribution in [0.2, 0.25) is 0 Å². The Balaban J connectivity index is 2.00. The summed E-state index contributed by atoms with van der Waals surface area (Å²) in [6, 6.07) is 16.1. The van der Waals surface area contributed by atoms with Crippen molar-refractivity contribution in [3.8, 4) is 6.07 Å². The second-order valence-corrected chi connectivity index (χ2v) is 5.67. The van der Waals surface area contributed by atoms with Gasteiger partial charge in [0.25, 0.3) is 0 Å². The molecule has 0 aliphatic rings. The van der Waals surface area contributed by atoms with Crippen LogP contribution in [0.1, 0.15) is 11.5 Å². The molecule has 2 rings (SSSR count). The molecule has 0 fully saturated rings. The van der Waals surface area contributed by atoms with Crippen LogP contribution in [0.4, 0.5) is 0 Å². The molecule has 0 bridgehead atoms. The summed E-state index contributed by atoms with van der Waals surface area (Å²) in [5.74, 6) is 0.622. The fourth-order valence-corrected chi connectivity index (χ4v) is 2.64. The van der Waals surface area contributed by atoms with Gasteiger partial charge in [-0.15, -0.1) is 11.8 Å². The molecular weight excluding hydrogens is 308 g/mol.